The summed E-state index contributed by atoms with van der Waals surface area (Å²) >= 11 is 0. The van der Waals surface area contributed by atoms with E-state index < -0.39 is 17.8 Å². The lowest BCUT2D eigenvalue weighted by Crippen LogP contribution is -2.24. The van der Waals surface area contributed by atoms with Crippen LogP contribution < -0.4 is 11.1 Å². The maximum atomic E-state index is 13.5. The Labute approximate surface area is 160 Å². The van der Waals surface area contributed by atoms with Gasteiger partial charge in [0.15, 0.2) is 5.69 Å². The maximum Gasteiger partial charge on any atom is 0.435 e. The molecule has 0 fully saturated rings. The molecule has 1 aromatic carbocycles. The molecule has 4 N–H and O–H groups in total. The molecule has 152 valence electrons. The Bertz CT molecular complexity index is 903. The van der Waals surface area contributed by atoms with Crippen molar-refractivity contribution in [3.05, 3.63) is 40.7 Å². The molecule has 0 atom stereocenters. The van der Waals surface area contributed by atoms with Crippen LogP contribution >= 0.6 is 0 Å². The number of halogens is 3. The number of fused-ring (bicyclic) bond motifs is 1. The molecule has 1 aromatic heterocycles. The van der Waals surface area contributed by atoms with Crippen molar-refractivity contribution in [3.8, 4) is 5.69 Å². The highest BCUT2D eigenvalue weighted by Crippen LogP contribution is 2.42. The second kappa shape index (κ2) is 7.12. The number of aliphatic hydroxyl groups is 1. The van der Waals surface area contributed by atoms with Crippen molar-refractivity contribution in [2.45, 2.75) is 39.3 Å². The number of carbonyl (C=O) groups is 1. The Hall–Kier alpha value is -2.55. The number of hydrogen-bond donors (Lipinski definition) is 3. The number of hydrogen-bond acceptors (Lipinski definition) is 4. The van der Waals surface area contributed by atoms with Crippen LogP contribution in [-0.2, 0) is 19.0 Å². The summed E-state index contributed by atoms with van der Waals surface area (Å²) < 4.78 is 41.9. The first-order valence-electron chi connectivity index (χ1n) is 9.00. The lowest BCUT2D eigenvalue weighted by Gasteiger charge is -2.30. The van der Waals surface area contributed by atoms with Gasteiger partial charge in [0.2, 0.25) is 0 Å². The van der Waals surface area contributed by atoms with Crippen LogP contribution in [0.1, 0.15) is 47.6 Å². The summed E-state index contributed by atoms with van der Waals surface area (Å²) in [6, 6.07) is 4.51. The quantitative estimate of drug-likeness (QED) is 0.725. The van der Waals surface area contributed by atoms with Gasteiger partial charge in [-0.05, 0) is 42.9 Å². The zero-order valence-corrected chi connectivity index (χ0v) is 15.7. The molecule has 0 spiro atoms. The van der Waals surface area contributed by atoms with E-state index in [0.717, 1.165) is 0 Å². The normalized spacial score (nSPS) is 15.9. The van der Waals surface area contributed by atoms with Crippen molar-refractivity contribution in [1.82, 2.24) is 9.78 Å². The van der Waals surface area contributed by atoms with Crippen molar-refractivity contribution in [3.63, 3.8) is 0 Å². The number of nitrogens with one attached hydrogen (secondary N) is 1. The lowest BCUT2D eigenvalue weighted by atomic mass is 9.76. The number of nitrogens with two attached hydrogens (primary N) is 1. The van der Waals surface area contributed by atoms with Crippen LogP contribution in [0, 0.1) is 5.41 Å². The van der Waals surface area contributed by atoms with Gasteiger partial charge < -0.3 is 16.2 Å². The largest absolute Gasteiger partial charge is 0.435 e. The number of aromatic nitrogens is 2. The molecular weight excluding hydrogens is 373 g/mol. The summed E-state index contributed by atoms with van der Waals surface area (Å²) in [4.78, 5) is 11.6. The second-order valence-corrected chi connectivity index (χ2v) is 7.77. The molecule has 6 nitrogen and oxygen atoms in total. The first-order valence-corrected chi connectivity index (χ1v) is 9.00. The van der Waals surface area contributed by atoms with Gasteiger partial charge in [0.1, 0.15) is 0 Å². The Kier molecular flexibility index (Phi) is 5.14. The average Bonchev–Trinajstić information content (AvgIpc) is 2.97. The highest BCUT2D eigenvalue weighted by Gasteiger charge is 2.42. The van der Waals surface area contributed by atoms with E-state index in [1.165, 1.54) is 22.9 Å². The molecule has 0 aliphatic heterocycles. The number of aliphatic hydroxyl groups excluding tert-OH is 1. The van der Waals surface area contributed by atoms with Gasteiger partial charge in [-0.1, -0.05) is 13.8 Å². The van der Waals surface area contributed by atoms with Crippen molar-refractivity contribution < 1.29 is 23.1 Å². The highest BCUT2D eigenvalue weighted by atomic mass is 19.4. The molecule has 0 bridgehead atoms. The molecule has 0 saturated carbocycles. The third-order valence-electron chi connectivity index (χ3n) is 5.00. The Morgan fingerprint density at radius 2 is 2.11 bits per heavy atom. The van der Waals surface area contributed by atoms with Crippen LogP contribution in [0.25, 0.3) is 5.69 Å². The number of anilines is 1. The van der Waals surface area contributed by atoms with E-state index in [0.29, 0.717) is 36.3 Å². The number of carbonyl (C=O) groups excluding carboxylic acids is 1. The van der Waals surface area contributed by atoms with Gasteiger partial charge >= 0.3 is 6.18 Å². The monoisotopic (exact) mass is 396 g/mol. The van der Waals surface area contributed by atoms with E-state index in [9.17, 15) is 18.0 Å². The first kappa shape index (κ1) is 20.2. The van der Waals surface area contributed by atoms with Gasteiger partial charge in [0, 0.05) is 23.5 Å². The van der Waals surface area contributed by atoms with Crippen LogP contribution in [0.4, 0.5) is 18.9 Å². The summed E-state index contributed by atoms with van der Waals surface area (Å²) in [5.74, 6) is -0.674. The predicted molar refractivity (Wildman–Crippen MR) is 98.5 cm³/mol. The molecule has 0 radical (unpaired) electrons. The van der Waals surface area contributed by atoms with Gasteiger partial charge in [0.05, 0.1) is 17.9 Å². The van der Waals surface area contributed by atoms with Crippen LogP contribution in [-0.4, -0.2) is 33.9 Å². The van der Waals surface area contributed by atoms with Crippen molar-refractivity contribution in [1.29, 1.82) is 0 Å². The molecule has 2 aromatic rings. The molecule has 1 aliphatic carbocycles. The minimum absolute atomic E-state index is 0.140. The zero-order chi connectivity index (χ0) is 20.7. The molecule has 0 saturated heterocycles. The van der Waals surface area contributed by atoms with E-state index >= 15 is 0 Å². The number of alkyl halides is 3. The minimum atomic E-state index is -4.54. The summed E-state index contributed by atoms with van der Waals surface area (Å²) in [7, 11) is 0. The molecule has 1 heterocycles. The van der Waals surface area contributed by atoms with Gasteiger partial charge in [-0.15, -0.1) is 0 Å². The van der Waals surface area contributed by atoms with Gasteiger partial charge in [-0.2, -0.15) is 18.3 Å². The number of rotatable bonds is 5. The lowest BCUT2D eigenvalue weighted by molar-refractivity contribution is -0.142. The molecule has 9 heteroatoms. The van der Waals surface area contributed by atoms with Crippen LogP contribution in [0.2, 0.25) is 0 Å². The van der Waals surface area contributed by atoms with Crippen molar-refractivity contribution >= 4 is 11.6 Å². The van der Waals surface area contributed by atoms with Crippen LogP contribution in [0.15, 0.2) is 18.2 Å². The Balaban J connectivity index is 2.16. The fraction of sp³-hybridized carbons (Fsp3) is 0.474. The smallest absolute Gasteiger partial charge is 0.395 e. The first-order chi connectivity index (χ1) is 13.0. The third kappa shape index (κ3) is 3.84. The van der Waals surface area contributed by atoms with E-state index in [2.05, 4.69) is 10.4 Å². The third-order valence-corrected chi connectivity index (χ3v) is 5.00. The van der Waals surface area contributed by atoms with Gasteiger partial charge in [-0.25, -0.2) is 4.68 Å². The summed E-state index contributed by atoms with van der Waals surface area (Å²) in [6.07, 6.45) is -3.12. The molecule has 3 rings (SSSR count). The average molecular weight is 396 g/mol. The minimum Gasteiger partial charge on any atom is -0.395 e. The van der Waals surface area contributed by atoms with Crippen molar-refractivity contribution in [2.24, 2.45) is 11.1 Å². The summed E-state index contributed by atoms with van der Waals surface area (Å²) in [5, 5.41) is 15.8. The maximum absolute atomic E-state index is 13.5. The molecular formula is C19H23F3N4O2. The summed E-state index contributed by atoms with van der Waals surface area (Å²) in [5.41, 5.74) is 6.06. The number of benzene rings is 1. The highest BCUT2D eigenvalue weighted by molar-refractivity contribution is 5.98. The second-order valence-electron chi connectivity index (χ2n) is 7.77. The van der Waals surface area contributed by atoms with E-state index in [-0.39, 0.29) is 29.7 Å². The molecule has 1 aliphatic rings. The number of amides is 1. The fourth-order valence-electron chi connectivity index (χ4n) is 3.59. The van der Waals surface area contributed by atoms with Gasteiger partial charge in [-0.3, -0.25) is 4.79 Å². The Morgan fingerprint density at radius 3 is 2.71 bits per heavy atom. The molecule has 28 heavy (non-hydrogen) atoms. The Morgan fingerprint density at radius 1 is 1.39 bits per heavy atom. The topological polar surface area (TPSA) is 93.2 Å². The fourth-order valence-corrected chi connectivity index (χ4v) is 3.59. The van der Waals surface area contributed by atoms with Gasteiger partial charge in [0.25, 0.3) is 5.91 Å². The molecule has 0 unspecified atom stereocenters. The SMILES string of the molecule is CC1(C)CCc2c(C(F)(F)F)nn(-c3ccc(C(N)=O)c(NCCO)c3)c2C1. The van der Waals surface area contributed by atoms with Crippen LogP contribution in [0.5, 0.6) is 0 Å². The zero-order valence-electron chi connectivity index (χ0n) is 15.7. The molecule has 1 amide bonds. The number of primary amides is 1. The van der Waals surface area contributed by atoms with Crippen LogP contribution in [0.3, 0.4) is 0 Å². The van der Waals surface area contributed by atoms with E-state index in [4.69, 9.17) is 10.8 Å². The number of nitrogens with zero attached hydrogens (tertiary/aromatic N) is 2. The predicted octanol–water partition coefficient (Wildman–Crippen LogP) is 2.91. The van der Waals surface area contributed by atoms with E-state index in [1.807, 2.05) is 13.8 Å². The van der Waals surface area contributed by atoms with E-state index in [1.54, 1.807) is 0 Å². The standard InChI is InChI=1S/C19H23F3N4O2/c1-18(2)6-5-13-15(10-18)26(25-16(13)19(20,21)22)11-3-4-12(17(23)28)14(9-11)24-7-8-27/h3-4,9,24,27H,5-8,10H2,1-2H3,(H2,23,28). The van der Waals surface area contributed by atoms with Crippen molar-refractivity contribution in [2.75, 3.05) is 18.5 Å². The summed E-state index contributed by atoms with van der Waals surface area (Å²) in [6.45, 7) is 4.03.